The molecule has 0 amide bonds. The van der Waals surface area contributed by atoms with E-state index >= 15 is 0 Å². The number of hydrogen-bond acceptors (Lipinski definition) is 3. The molecule has 0 radical (unpaired) electrons. The molecule has 0 rings (SSSR count). The molecule has 4 nitrogen and oxygen atoms in total. The van der Waals surface area contributed by atoms with Gasteiger partial charge in [-0.15, -0.1) is 6.58 Å². The molecule has 0 aromatic rings. The molecule has 5 heteroatoms. The van der Waals surface area contributed by atoms with Crippen LogP contribution in [0.4, 0.5) is 0 Å². The van der Waals surface area contributed by atoms with Gasteiger partial charge in [0.15, 0.2) is 0 Å². The molecule has 86 valence electrons. The zero-order valence-electron chi connectivity index (χ0n) is 9.95. The minimum absolute atomic E-state index is 0. The van der Waals surface area contributed by atoms with Crippen LogP contribution >= 0.6 is 0 Å². The van der Waals surface area contributed by atoms with Gasteiger partial charge >= 0.3 is 57.4 Å². The molecule has 0 atom stereocenters. The third kappa shape index (κ3) is 14.3. The number of allylic oxidation sites excluding steroid dienone is 1. The van der Waals surface area contributed by atoms with Gasteiger partial charge in [-0.3, -0.25) is 4.79 Å². The average molecular weight is 251 g/mol. The Kier molecular flexibility index (Phi) is 15.6. The van der Waals surface area contributed by atoms with Crippen molar-refractivity contribution in [3.63, 3.8) is 0 Å². The van der Waals surface area contributed by atoms with Crippen molar-refractivity contribution >= 4 is 11.9 Å². The van der Waals surface area contributed by atoms with Gasteiger partial charge in [0.2, 0.25) is 0 Å². The molecule has 1 N–H and O–H groups in total. The first-order chi connectivity index (χ1) is 7.16. The molecule has 0 aliphatic carbocycles. The molecule has 0 saturated heterocycles. The van der Waals surface area contributed by atoms with Crippen molar-refractivity contribution in [1.29, 1.82) is 0 Å². The van der Waals surface area contributed by atoms with Crippen molar-refractivity contribution in [2.24, 2.45) is 4.99 Å². The standard InChI is InChI=1S/C11H19NO3.K/c1-2-3-4-5-6-7-10(13)12-9-8-11(14)15;/h2H,1,3-9H2,(H,12,13)(H,14,15);/q;+1/p-1. The van der Waals surface area contributed by atoms with Crippen molar-refractivity contribution in [2.75, 3.05) is 6.54 Å². The largest absolute Gasteiger partial charge is 1.00 e. The van der Waals surface area contributed by atoms with E-state index in [9.17, 15) is 9.90 Å². The Balaban J connectivity index is 0. The second-order valence-electron chi connectivity index (χ2n) is 3.31. The Hall–Kier alpha value is 0.316. The van der Waals surface area contributed by atoms with Crippen LogP contribution in [0.2, 0.25) is 0 Å². The van der Waals surface area contributed by atoms with E-state index in [2.05, 4.69) is 11.6 Å². The maximum atomic E-state index is 11.1. The number of unbranched alkanes of at least 4 members (excludes halogenated alkanes) is 3. The number of carboxylic acid groups (broad SMARTS) is 1. The van der Waals surface area contributed by atoms with E-state index in [4.69, 9.17) is 5.11 Å². The topological polar surface area (TPSA) is 72.7 Å². The first kappa shape index (κ1) is 18.7. The summed E-state index contributed by atoms with van der Waals surface area (Å²) in [7, 11) is 0. The fraction of sp³-hybridized carbons (Fsp3) is 0.636. The van der Waals surface area contributed by atoms with Gasteiger partial charge in [-0.1, -0.05) is 12.5 Å². The van der Waals surface area contributed by atoms with Crippen LogP contribution in [0.1, 0.15) is 38.5 Å². The van der Waals surface area contributed by atoms with Crippen LogP contribution in [0.5, 0.6) is 0 Å². The zero-order valence-corrected chi connectivity index (χ0v) is 13.1. The molecular formula is C11H18KNO3. The van der Waals surface area contributed by atoms with Crippen molar-refractivity contribution < 1.29 is 66.4 Å². The summed E-state index contributed by atoms with van der Waals surface area (Å²) in [5, 5.41) is 19.4. The van der Waals surface area contributed by atoms with Crippen LogP contribution in [0.15, 0.2) is 17.6 Å². The predicted octanol–water partition coefficient (Wildman–Crippen LogP) is -1.64. The Morgan fingerprint density at radius 2 is 2.00 bits per heavy atom. The number of carbonyl (C=O) groups is 1. The summed E-state index contributed by atoms with van der Waals surface area (Å²) in [6.07, 6.45) is 6.06. The summed E-state index contributed by atoms with van der Waals surface area (Å²) < 4.78 is 0. The smallest absolute Gasteiger partial charge is 0.862 e. The van der Waals surface area contributed by atoms with Crippen molar-refractivity contribution in [2.45, 2.75) is 38.5 Å². The minimum Gasteiger partial charge on any atom is -0.862 e. The molecule has 0 unspecified atom stereocenters. The minimum atomic E-state index is -0.919. The first-order valence-corrected chi connectivity index (χ1v) is 5.20. The van der Waals surface area contributed by atoms with Gasteiger partial charge in [0.25, 0.3) is 0 Å². The van der Waals surface area contributed by atoms with Crippen LogP contribution in [0.25, 0.3) is 0 Å². The molecule has 0 aliphatic rings. The van der Waals surface area contributed by atoms with Gasteiger partial charge in [0.1, 0.15) is 0 Å². The monoisotopic (exact) mass is 251 g/mol. The summed E-state index contributed by atoms with van der Waals surface area (Å²) in [5.41, 5.74) is 0. The number of aliphatic carboxylic acids is 1. The summed E-state index contributed by atoms with van der Waals surface area (Å²) in [5.74, 6) is -1.10. The maximum Gasteiger partial charge on any atom is 1.00 e. The van der Waals surface area contributed by atoms with Crippen molar-refractivity contribution in [3.05, 3.63) is 12.7 Å². The van der Waals surface area contributed by atoms with Crippen LogP contribution in [-0.2, 0) is 4.79 Å². The Morgan fingerprint density at radius 3 is 2.56 bits per heavy atom. The Labute approximate surface area is 139 Å². The number of carboxylic acids is 1. The quantitative estimate of drug-likeness (QED) is 0.176. The van der Waals surface area contributed by atoms with Gasteiger partial charge in [0.05, 0.1) is 6.42 Å². The fourth-order valence-corrected chi connectivity index (χ4v) is 1.10. The second kappa shape index (κ2) is 13.4. The molecule has 0 heterocycles. The molecule has 16 heavy (non-hydrogen) atoms. The van der Waals surface area contributed by atoms with Crippen LogP contribution < -0.4 is 56.5 Å². The van der Waals surface area contributed by atoms with Crippen molar-refractivity contribution in [1.82, 2.24) is 0 Å². The fourth-order valence-electron chi connectivity index (χ4n) is 1.10. The molecule has 0 saturated carbocycles. The molecule has 0 aromatic heterocycles. The van der Waals surface area contributed by atoms with Gasteiger partial charge in [-0.2, -0.15) is 0 Å². The summed E-state index contributed by atoms with van der Waals surface area (Å²) in [6.45, 7) is 3.71. The molecule has 0 spiro atoms. The van der Waals surface area contributed by atoms with E-state index in [1.165, 1.54) is 0 Å². The molecule has 0 bridgehead atoms. The first-order valence-electron chi connectivity index (χ1n) is 5.20. The van der Waals surface area contributed by atoms with Gasteiger partial charge in [-0.25, -0.2) is 0 Å². The number of nitrogens with zero attached hydrogens (tertiary/aromatic N) is 1. The third-order valence-corrected chi connectivity index (χ3v) is 1.91. The zero-order chi connectivity index (χ0) is 11.5. The van der Waals surface area contributed by atoms with Crippen molar-refractivity contribution in [3.8, 4) is 0 Å². The molecular weight excluding hydrogens is 233 g/mol. The summed E-state index contributed by atoms with van der Waals surface area (Å²) in [4.78, 5) is 13.8. The average Bonchev–Trinajstić information content (AvgIpc) is 2.17. The van der Waals surface area contributed by atoms with E-state index < -0.39 is 5.97 Å². The Morgan fingerprint density at radius 1 is 1.31 bits per heavy atom. The van der Waals surface area contributed by atoms with Crippen LogP contribution in [0, 0.1) is 0 Å². The van der Waals surface area contributed by atoms with E-state index in [-0.39, 0.29) is 70.2 Å². The number of hydrogen-bond donors (Lipinski definition) is 1. The second-order valence-corrected chi connectivity index (χ2v) is 3.31. The normalized spacial score (nSPS) is 10.6. The van der Waals surface area contributed by atoms with Crippen LogP contribution in [-0.4, -0.2) is 23.5 Å². The van der Waals surface area contributed by atoms with Crippen LogP contribution in [0.3, 0.4) is 0 Å². The van der Waals surface area contributed by atoms with Gasteiger partial charge in [-0.05, 0) is 31.6 Å². The van der Waals surface area contributed by atoms with Gasteiger partial charge in [0, 0.05) is 6.54 Å². The van der Waals surface area contributed by atoms with Gasteiger partial charge < -0.3 is 15.2 Å². The summed E-state index contributed by atoms with van der Waals surface area (Å²) in [6, 6.07) is 0. The Bertz CT molecular complexity index is 229. The molecule has 0 aromatic carbocycles. The maximum absolute atomic E-state index is 11.1. The predicted molar refractivity (Wildman–Crippen MR) is 57.8 cm³/mol. The third-order valence-electron chi connectivity index (χ3n) is 1.91. The van der Waals surface area contributed by atoms with E-state index in [0.29, 0.717) is 6.42 Å². The molecule has 0 fully saturated rings. The SMILES string of the molecule is C=CCCCCCC([O-])=NCCC(=O)O.[K+]. The molecule has 0 aliphatic heterocycles. The number of rotatable bonds is 9. The van der Waals surface area contributed by atoms with E-state index in [1.54, 1.807) is 0 Å². The number of aliphatic imine (C=N–C) groups is 1. The summed E-state index contributed by atoms with van der Waals surface area (Å²) >= 11 is 0. The van der Waals surface area contributed by atoms with E-state index in [0.717, 1.165) is 25.7 Å². The van der Waals surface area contributed by atoms with E-state index in [1.807, 2.05) is 6.08 Å².